The third kappa shape index (κ3) is 3.13. The second kappa shape index (κ2) is 7.60. The molecule has 1 unspecified atom stereocenters. The van der Waals surface area contributed by atoms with Crippen LogP contribution >= 0.6 is 0 Å². The zero-order valence-corrected chi connectivity index (χ0v) is 17.5. The third-order valence-electron chi connectivity index (χ3n) is 5.46. The van der Waals surface area contributed by atoms with Crippen LogP contribution in [0.5, 0.6) is 5.75 Å². The average molecular weight is 430 g/mol. The third-order valence-corrected chi connectivity index (χ3v) is 5.46. The van der Waals surface area contributed by atoms with E-state index >= 15 is 0 Å². The van der Waals surface area contributed by atoms with Gasteiger partial charge in [0.25, 0.3) is 5.91 Å². The van der Waals surface area contributed by atoms with Gasteiger partial charge in [-0.2, -0.15) is 0 Å². The van der Waals surface area contributed by atoms with Crippen LogP contribution in [0.2, 0.25) is 0 Å². The number of aryl methyl sites for hydroxylation is 1. The fraction of sp³-hybridized carbons (Fsp3) is 0.160. The number of amides is 1. The lowest BCUT2D eigenvalue weighted by atomic mass is 9.98. The number of anilines is 1. The van der Waals surface area contributed by atoms with Crippen molar-refractivity contribution in [2.24, 2.45) is 0 Å². The fourth-order valence-corrected chi connectivity index (χ4v) is 4.09. The van der Waals surface area contributed by atoms with E-state index in [0.717, 1.165) is 11.6 Å². The first-order chi connectivity index (χ1) is 15.5. The number of fused-ring (bicyclic) bond motifs is 2. The molecular formula is C25H19FN2O4. The molecule has 6 nitrogen and oxygen atoms in total. The number of pyridine rings is 1. The number of halogens is 1. The smallest absolute Gasteiger partial charge is 0.296 e. The Bertz CT molecular complexity index is 1430. The number of hydrogen-bond donors (Lipinski definition) is 0. The molecule has 5 rings (SSSR count). The van der Waals surface area contributed by atoms with Gasteiger partial charge < -0.3 is 9.15 Å². The number of nitrogens with zero attached hydrogens (tertiary/aromatic N) is 2. The number of carbonyl (C=O) groups excluding carboxylic acids is 1. The van der Waals surface area contributed by atoms with Gasteiger partial charge in [-0.05, 0) is 67.4 Å². The van der Waals surface area contributed by atoms with Gasteiger partial charge in [0.15, 0.2) is 5.43 Å². The summed E-state index contributed by atoms with van der Waals surface area (Å²) in [5, 5.41) is 0.0848. The monoisotopic (exact) mass is 430 g/mol. The number of ether oxygens (including phenoxy) is 1. The molecular weight excluding hydrogens is 411 g/mol. The molecule has 160 valence electrons. The van der Waals surface area contributed by atoms with E-state index in [2.05, 4.69) is 4.98 Å². The highest BCUT2D eigenvalue weighted by Gasteiger charge is 2.44. The molecule has 0 saturated carbocycles. The van der Waals surface area contributed by atoms with Crippen molar-refractivity contribution in [1.82, 2.24) is 4.98 Å². The van der Waals surface area contributed by atoms with Crippen molar-refractivity contribution in [2.45, 2.75) is 19.9 Å². The molecule has 4 aromatic rings. The Morgan fingerprint density at radius 3 is 2.75 bits per heavy atom. The van der Waals surface area contributed by atoms with Crippen molar-refractivity contribution in [3.05, 3.63) is 99.3 Å². The van der Waals surface area contributed by atoms with Crippen LogP contribution in [-0.2, 0) is 0 Å². The summed E-state index contributed by atoms with van der Waals surface area (Å²) in [7, 11) is 0. The largest absolute Gasteiger partial charge is 0.494 e. The first kappa shape index (κ1) is 19.9. The van der Waals surface area contributed by atoms with Crippen LogP contribution in [0, 0.1) is 12.7 Å². The molecule has 0 bridgehead atoms. The quantitative estimate of drug-likeness (QED) is 0.466. The van der Waals surface area contributed by atoms with Crippen LogP contribution < -0.4 is 15.1 Å². The number of hydrogen-bond acceptors (Lipinski definition) is 5. The summed E-state index contributed by atoms with van der Waals surface area (Å²) >= 11 is 0. The summed E-state index contributed by atoms with van der Waals surface area (Å²) in [4.78, 5) is 32.8. The van der Waals surface area contributed by atoms with Crippen molar-refractivity contribution in [2.75, 3.05) is 11.5 Å². The molecule has 2 aromatic heterocycles. The summed E-state index contributed by atoms with van der Waals surface area (Å²) in [6.45, 7) is 4.24. The lowest BCUT2D eigenvalue weighted by Crippen LogP contribution is -2.30. The molecule has 0 radical (unpaired) electrons. The fourth-order valence-electron chi connectivity index (χ4n) is 4.09. The highest BCUT2D eigenvalue weighted by molar-refractivity contribution is 6.10. The molecule has 0 fully saturated rings. The highest BCUT2D eigenvalue weighted by Crippen LogP contribution is 2.41. The van der Waals surface area contributed by atoms with Crippen LogP contribution in [-0.4, -0.2) is 17.5 Å². The predicted molar refractivity (Wildman–Crippen MR) is 118 cm³/mol. The molecule has 1 atom stereocenters. The number of rotatable bonds is 4. The summed E-state index contributed by atoms with van der Waals surface area (Å²) < 4.78 is 25.4. The van der Waals surface area contributed by atoms with Crippen LogP contribution in [0.15, 0.2) is 70.0 Å². The molecule has 0 saturated heterocycles. The summed E-state index contributed by atoms with van der Waals surface area (Å²) in [6.07, 6.45) is 1.61. The van der Waals surface area contributed by atoms with E-state index < -0.39 is 23.2 Å². The second-order valence-corrected chi connectivity index (χ2v) is 7.59. The predicted octanol–water partition coefficient (Wildman–Crippen LogP) is 4.78. The van der Waals surface area contributed by atoms with Gasteiger partial charge in [0, 0.05) is 6.20 Å². The standard InChI is InChI=1S/C25H19FN2O4/c1-3-31-17-6-4-5-15(12-17)22-21-23(29)18-13-16(26)7-8-19(18)32-24(21)25(30)28(22)20-11-14(2)9-10-27-20/h4-13,22H,3H2,1-2H3. The maximum absolute atomic E-state index is 13.9. The lowest BCUT2D eigenvalue weighted by Gasteiger charge is -2.24. The summed E-state index contributed by atoms with van der Waals surface area (Å²) in [6, 6.07) is 13.7. The summed E-state index contributed by atoms with van der Waals surface area (Å²) in [5.74, 6) is -0.0965. The van der Waals surface area contributed by atoms with Crippen molar-refractivity contribution >= 4 is 22.7 Å². The van der Waals surface area contributed by atoms with Gasteiger partial charge in [0.2, 0.25) is 5.76 Å². The maximum Gasteiger partial charge on any atom is 0.296 e. The molecule has 0 spiro atoms. The minimum Gasteiger partial charge on any atom is -0.494 e. The first-order valence-electron chi connectivity index (χ1n) is 10.2. The average Bonchev–Trinajstić information content (AvgIpc) is 3.07. The van der Waals surface area contributed by atoms with E-state index in [9.17, 15) is 14.0 Å². The molecule has 32 heavy (non-hydrogen) atoms. The lowest BCUT2D eigenvalue weighted by molar-refractivity contribution is 0.0970. The second-order valence-electron chi connectivity index (χ2n) is 7.59. The van der Waals surface area contributed by atoms with Gasteiger partial charge in [0.1, 0.15) is 23.0 Å². The Labute approximate surface area is 182 Å². The minimum absolute atomic E-state index is 0.0655. The highest BCUT2D eigenvalue weighted by atomic mass is 19.1. The first-order valence-corrected chi connectivity index (χ1v) is 10.2. The summed E-state index contributed by atoms with van der Waals surface area (Å²) in [5.41, 5.74) is 1.44. The van der Waals surface area contributed by atoms with Crippen LogP contribution in [0.3, 0.4) is 0 Å². The van der Waals surface area contributed by atoms with E-state index in [1.165, 1.54) is 17.0 Å². The normalized spacial score (nSPS) is 15.3. The van der Waals surface area contributed by atoms with Crippen LogP contribution in [0.25, 0.3) is 11.0 Å². The molecule has 2 aromatic carbocycles. The van der Waals surface area contributed by atoms with E-state index in [1.807, 2.05) is 26.0 Å². The van der Waals surface area contributed by atoms with Crippen molar-refractivity contribution in [1.29, 1.82) is 0 Å². The van der Waals surface area contributed by atoms with Gasteiger partial charge in [-0.3, -0.25) is 14.5 Å². The van der Waals surface area contributed by atoms with E-state index in [0.29, 0.717) is 23.7 Å². The van der Waals surface area contributed by atoms with Gasteiger partial charge in [-0.25, -0.2) is 9.37 Å². The molecule has 7 heteroatoms. The molecule has 3 heterocycles. The number of carbonyl (C=O) groups is 1. The van der Waals surface area contributed by atoms with Crippen molar-refractivity contribution in [3.8, 4) is 5.75 Å². The van der Waals surface area contributed by atoms with Crippen molar-refractivity contribution in [3.63, 3.8) is 0 Å². The molecule has 0 aliphatic carbocycles. The number of benzene rings is 2. The zero-order chi connectivity index (χ0) is 22.4. The maximum atomic E-state index is 13.9. The van der Waals surface area contributed by atoms with Crippen LogP contribution in [0.1, 0.15) is 40.2 Å². The van der Waals surface area contributed by atoms with Gasteiger partial charge in [-0.1, -0.05) is 12.1 Å². The van der Waals surface area contributed by atoms with Gasteiger partial charge in [0.05, 0.1) is 23.6 Å². The van der Waals surface area contributed by atoms with E-state index in [4.69, 9.17) is 9.15 Å². The molecule has 1 aliphatic rings. The molecule has 1 aliphatic heterocycles. The van der Waals surface area contributed by atoms with E-state index in [-0.39, 0.29) is 22.3 Å². The van der Waals surface area contributed by atoms with Gasteiger partial charge in [-0.15, -0.1) is 0 Å². The Hall–Kier alpha value is -4.00. The Kier molecular flexibility index (Phi) is 4.74. The Morgan fingerprint density at radius 2 is 1.97 bits per heavy atom. The Balaban J connectivity index is 1.80. The Morgan fingerprint density at radius 1 is 1.12 bits per heavy atom. The number of aromatic nitrogens is 1. The minimum atomic E-state index is -0.795. The van der Waals surface area contributed by atoms with E-state index in [1.54, 1.807) is 30.5 Å². The molecule has 1 amide bonds. The molecule has 0 N–H and O–H groups in total. The topological polar surface area (TPSA) is 72.6 Å². The zero-order valence-electron chi connectivity index (χ0n) is 17.5. The van der Waals surface area contributed by atoms with Crippen molar-refractivity contribution < 1.29 is 18.3 Å². The van der Waals surface area contributed by atoms with Crippen LogP contribution in [0.4, 0.5) is 10.2 Å². The SMILES string of the molecule is CCOc1cccc(C2c3c(oc4ccc(F)cc4c3=O)C(=O)N2c2cc(C)ccn2)c1. The van der Waals surface area contributed by atoms with Gasteiger partial charge >= 0.3 is 0 Å².